The van der Waals surface area contributed by atoms with E-state index in [0.717, 1.165) is 78.3 Å². The molecular formula is C35H44N4O4. The maximum absolute atomic E-state index is 12.9. The lowest BCUT2D eigenvalue weighted by Crippen LogP contribution is -2.52. The predicted molar refractivity (Wildman–Crippen MR) is 172 cm³/mol. The van der Waals surface area contributed by atoms with Gasteiger partial charge in [-0.1, -0.05) is 63.8 Å². The first-order valence-electron chi connectivity index (χ1n) is 15.7. The third-order valence-corrected chi connectivity index (χ3v) is 9.59. The number of phenolic OH excluding ortho intramolecular Hbond substituents is 1. The lowest BCUT2D eigenvalue weighted by Gasteiger charge is -2.35. The summed E-state index contributed by atoms with van der Waals surface area (Å²) in [5.74, 6) is 0.903. The summed E-state index contributed by atoms with van der Waals surface area (Å²) in [5, 5.41) is 20.7. The fraction of sp³-hybridized carbons (Fsp3) is 0.457. The Labute approximate surface area is 254 Å². The van der Waals surface area contributed by atoms with E-state index in [1.54, 1.807) is 12.1 Å². The van der Waals surface area contributed by atoms with Crippen LogP contribution in [0.15, 0.2) is 54.6 Å². The quantitative estimate of drug-likeness (QED) is 0.155. The van der Waals surface area contributed by atoms with Gasteiger partial charge in [0.05, 0.1) is 0 Å². The average molecular weight is 585 g/mol. The Balaban J connectivity index is 0.990. The van der Waals surface area contributed by atoms with Gasteiger partial charge in [0.15, 0.2) is 0 Å². The van der Waals surface area contributed by atoms with Gasteiger partial charge in [0.25, 0.3) is 0 Å². The van der Waals surface area contributed by atoms with Gasteiger partial charge < -0.3 is 26.0 Å². The molecule has 8 heteroatoms. The second kappa shape index (κ2) is 13.1. The van der Waals surface area contributed by atoms with Gasteiger partial charge in [-0.05, 0) is 67.0 Å². The Hall–Kier alpha value is -4.07. The molecular weight excluding hydrogens is 540 g/mol. The molecule has 0 radical (unpaired) electrons. The number of phenols is 1. The minimum atomic E-state index is -0.491. The average Bonchev–Trinajstić information content (AvgIpc) is 3.55. The molecule has 3 amide bonds. The summed E-state index contributed by atoms with van der Waals surface area (Å²) in [6.07, 6.45) is 7.33. The van der Waals surface area contributed by atoms with Crippen LogP contribution in [0.5, 0.6) is 5.75 Å². The molecule has 1 heterocycles. The normalized spacial score (nSPS) is 21.1. The molecule has 8 nitrogen and oxygen atoms in total. The maximum Gasteiger partial charge on any atom is 0.246 e. The van der Waals surface area contributed by atoms with Crippen LogP contribution in [0, 0.1) is 11.8 Å². The summed E-state index contributed by atoms with van der Waals surface area (Å²) >= 11 is 0. The molecule has 1 aliphatic carbocycles. The van der Waals surface area contributed by atoms with E-state index in [9.17, 15) is 19.5 Å². The molecule has 1 aliphatic heterocycles. The number of nitrogens with one attached hydrogen (secondary N) is 3. The number of carbonyl (C=O) groups excluding carboxylic acids is 3. The van der Waals surface area contributed by atoms with Crippen molar-refractivity contribution < 1.29 is 19.5 Å². The van der Waals surface area contributed by atoms with E-state index in [-0.39, 0.29) is 23.5 Å². The second-order valence-electron chi connectivity index (χ2n) is 12.2. The number of aromatic hydroxyl groups is 1. The van der Waals surface area contributed by atoms with Gasteiger partial charge in [-0.25, -0.2) is 0 Å². The van der Waals surface area contributed by atoms with Crippen LogP contribution in [0.25, 0.3) is 10.8 Å². The lowest BCUT2D eigenvalue weighted by molar-refractivity contribution is -0.124. The Kier molecular flexibility index (Phi) is 9.23. The van der Waals surface area contributed by atoms with Crippen molar-refractivity contribution in [3.05, 3.63) is 60.2 Å². The molecule has 43 heavy (non-hydrogen) atoms. The SMILES string of the molecule is CC1[C@@H](C)C12C(=O)NCCc1cc(NC(=O)CCCCCCCCC(=O)Nc3ccc(O)c4ccccc34)ccc1N2C. The van der Waals surface area contributed by atoms with Crippen LogP contribution in [0.3, 0.4) is 0 Å². The molecule has 1 fully saturated rings. The van der Waals surface area contributed by atoms with Gasteiger partial charge in [-0.2, -0.15) is 0 Å². The van der Waals surface area contributed by atoms with E-state index < -0.39 is 5.54 Å². The number of carbonyl (C=O) groups is 3. The summed E-state index contributed by atoms with van der Waals surface area (Å²) in [4.78, 5) is 40.1. The fourth-order valence-electron chi connectivity index (χ4n) is 6.88. The smallest absolute Gasteiger partial charge is 0.246 e. The van der Waals surface area contributed by atoms with Crippen LogP contribution in [-0.4, -0.2) is 42.0 Å². The molecule has 1 spiro atoms. The van der Waals surface area contributed by atoms with Crippen LogP contribution in [0.4, 0.5) is 17.1 Å². The number of fused-ring (bicyclic) bond motifs is 2. The van der Waals surface area contributed by atoms with Gasteiger partial charge in [0.1, 0.15) is 11.3 Å². The first kappa shape index (κ1) is 30.4. The maximum atomic E-state index is 12.9. The van der Waals surface area contributed by atoms with Gasteiger partial charge in [0, 0.05) is 54.3 Å². The Bertz CT molecular complexity index is 1490. The van der Waals surface area contributed by atoms with Crippen molar-refractivity contribution in [2.75, 3.05) is 29.1 Å². The van der Waals surface area contributed by atoms with E-state index in [0.29, 0.717) is 31.2 Å². The molecule has 228 valence electrons. The van der Waals surface area contributed by atoms with Crippen molar-refractivity contribution >= 4 is 45.6 Å². The van der Waals surface area contributed by atoms with Crippen LogP contribution in [0.2, 0.25) is 0 Å². The molecule has 0 bridgehead atoms. The van der Waals surface area contributed by atoms with Crippen molar-refractivity contribution in [3.63, 3.8) is 0 Å². The van der Waals surface area contributed by atoms with Crippen molar-refractivity contribution in [1.82, 2.24) is 5.32 Å². The van der Waals surface area contributed by atoms with Crippen LogP contribution >= 0.6 is 0 Å². The summed E-state index contributed by atoms with van der Waals surface area (Å²) < 4.78 is 0. The van der Waals surface area contributed by atoms with Gasteiger partial charge in [-0.15, -0.1) is 0 Å². The first-order chi connectivity index (χ1) is 20.7. The first-order valence-corrected chi connectivity index (χ1v) is 15.7. The van der Waals surface area contributed by atoms with Crippen LogP contribution in [-0.2, 0) is 20.8 Å². The molecule has 2 unspecified atom stereocenters. The molecule has 1 saturated carbocycles. The summed E-state index contributed by atoms with van der Waals surface area (Å²) in [5.41, 5.74) is 3.23. The number of likely N-dealkylation sites (N-methyl/N-ethyl adjacent to an activating group) is 1. The number of hydrogen-bond donors (Lipinski definition) is 4. The molecule has 2 aliphatic rings. The summed E-state index contributed by atoms with van der Waals surface area (Å²) in [6, 6.07) is 16.9. The number of anilines is 3. The van der Waals surface area contributed by atoms with Crippen LogP contribution < -0.4 is 20.9 Å². The molecule has 3 atom stereocenters. The van der Waals surface area contributed by atoms with Crippen LogP contribution in [0.1, 0.15) is 70.8 Å². The third-order valence-electron chi connectivity index (χ3n) is 9.59. The van der Waals surface area contributed by atoms with Gasteiger partial charge >= 0.3 is 0 Å². The molecule has 5 rings (SSSR count). The number of nitrogens with zero attached hydrogens (tertiary/aromatic N) is 1. The highest BCUT2D eigenvalue weighted by atomic mass is 16.3. The fourth-order valence-corrected chi connectivity index (χ4v) is 6.88. The standard InChI is InChI=1S/C35H44N4O4/c1-23-24(2)35(23)34(43)36-21-20-25-22-26(16-18-30(25)39(35)3)37-32(41)14-8-6-4-5-7-9-15-33(42)38-29-17-19-31(40)28-13-11-10-12-27(28)29/h10-13,16-19,22-24,40H,4-9,14-15,20-21H2,1-3H3,(H,36,43)(H,37,41)(H,38,42)/t23-,24?,35?/m1/s1. The monoisotopic (exact) mass is 584 g/mol. The summed E-state index contributed by atoms with van der Waals surface area (Å²) in [6.45, 7) is 4.87. The molecule has 0 aromatic heterocycles. The number of hydrogen-bond acceptors (Lipinski definition) is 5. The highest BCUT2D eigenvalue weighted by molar-refractivity contribution is 6.04. The van der Waals surface area contributed by atoms with E-state index >= 15 is 0 Å². The number of benzene rings is 3. The van der Waals surface area contributed by atoms with Crippen molar-refractivity contribution in [1.29, 1.82) is 0 Å². The number of rotatable bonds is 11. The Morgan fingerprint density at radius 2 is 1.51 bits per heavy atom. The van der Waals surface area contributed by atoms with E-state index in [1.165, 1.54) is 0 Å². The van der Waals surface area contributed by atoms with Crippen molar-refractivity contribution in [2.45, 2.75) is 77.2 Å². The highest BCUT2D eigenvalue weighted by Gasteiger charge is 2.67. The Morgan fingerprint density at radius 3 is 2.19 bits per heavy atom. The molecule has 0 saturated heterocycles. The zero-order valence-electron chi connectivity index (χ0n) is 25.5. The second-order valence-corrected chi connectivity index (χ2v) is 12.2. The van der Waals surface area contributed by atoms with Gasteiger partial charge in [-0.3, -0.25) is 14.4 Å². The topological polar surface area (TPSA) is 111 Å². The molecule has 3 aromatic rings. The highest BCUT2D eigenvalue weighted by Crippen LogP contribution is 2.56. The van der Waals surface area contributed by atoms with Gasteiger partial charge in [0.2, 0.25) is 17.7 Å². The minimum absolute atomic E-state index is 0.0200. The van der Waals surface area contributed by atoms with Crippen molar-refractivity contribution in [2.24, 2.45) is 11.8 Å². The van der Waals surface area contributed by atoms with E-state index in [2.05, 4.69) is 34.7 Å². The number of unbranched alkanes of at least 4 members (excludes halogenated alkanes) is 5. The van der Waals surface area contributed by atoms with E-state index in [4.69, 9.17) is 0 Å². The number of amides is 3. The Morgan fingerprint density at radius 1 is 0.884 bits per heavy atom. The zero-order valence-corrected chi connectivity index (χ0v) is 25.5. The minimum Gasteiger partial charge on any atom is -0.507 e. The van der Waals surface area contributed by atoms with Crippen molar-refractivity contribution in [3.8, 4) is 5.75 Å². The molecule has 4 N–H and O–H groups in total. The lowest BCUT2D eigenvalue weighted by atomic mass is 10.0. The molecule has 3 aromatic carbocycles. The zero-order chi connectivity index (χ0) is 30.6. The largest absolute Gasteiger partial charge is 0.507 e. The third kappa shape index (κ3) is 6.33. The van der Waals surface area contributed by atoms with E-state index in [1.807, 2.05) is 49.5 Å². The predicted octanol–water partition coefficient (Wildman–Crippen LogP) is 6.38. The summed E-state index contributed by atoms with van der Waals surface area (Å²) in [7, 11) is 2.01.